The van der Waals surface area contributed by atoms with Crippen molar-refractivity contribution in [2.24, 2.45) is 17.8 Å². The van der Waals surface area contributed by atoms with Gasteiger partial charge in [-0.15, -0.1) is 0 Å². The Kier molecular flexibility index (Phi) is 10.1. The minimum absolute atomic E-state index is 0.0500. The van der Waals surface area contributed by atoms with Crippen molar-refractivity contribution in [3.8, 4) is 0 Å². The highest BCUT2D eigenvalue weighted by atomic mass is 16.3. The van der Waals surface area contributed by atoms with E-state index in [1.54, 1.807) is 0 Å². The molecule has 8 fully saturated rings. The molecule has 0 spiro atoms. The fourth-order valence-corrected chi connectivity index (χ4v) is 11.2. The lowest BCUT2D eigenvalue weighted by Gasteiger charge is -2.43. The first-order valence-corrected chi connectivity index (χ1v) is 18.8. The van der Waals surface area contributed by atoms with Crippen molar-refractivity contribution in [1.82, 2.24) is 30.1 Å². The molecule has 9 rings (SSSR count). The smallest absolute Gasteiger partial charge is 0.138 e. The van der Waals surface area contributed by atoms with Gasteiger partial charge in [-0.25, -0.2) is 30.1 Å². The molecule has 6 saturated heterocycles. The highest BCUT2D eigenvalue weighted by Gasteiger charge is 2.53. The highest BCUT2D eigenvalue weighted by Crippen LogP contribution is 2.46. The number of nitrogens with zero attached hydrogens (tertiary/aromatic N) is 6. The van der Waals surface area contributed by atoms with Gasteiger partial charge in [0.2, 0.25) is 0 Å². The highest BCUT2D eigenvalue weighted by molar-refractivity contribution is 5.58. The van der Waals surface area contributed by atoms with Gasteiger partial charge < -0.3 is 24.6 Å². The Morgan fingerprint density at radius 2 is 1.17 bits per heavy atom. The summed E-state index contributed by atoms with van der Waals surface area (Å²) in [5.41, 5.74) is 0. The van der Waals surface area contributed by atoms with Gasteiger partial charge in [-0.1, -0.05) is 12.2 Å². The van der Waals surface area contributed by atoms with Crippen LogP contribution in [0.25, 0.3) is 0 Å². The zero-order valence-electron chi connectivity index (χ0n) is 28.7. The molecule has 11 heteroatoms. The maximum absolute atomic E-state index is 11.0. The van der Waals surface area contributed by atoms with Gasteiger partial charge in [0.15, 0.2) is 0 Å². The lowest BCUT2D eigenvalue weighted by atomic mass is 9.98. The first-order valence-electron chi connectivity index (χ1n) is 18.8. The maximum Gasteiger partial charge on any atom is 0.138 e. The molecule has 14 atom stereocenters. The Labute approximate surface area is 280 Å². The minimum atomic E-state index is -0.186. The van der Waals surface area contributed by atoms with Crippen molar-refractivity contribution in [3.63, 3.8) is 0 Å². The van der Waals surface area contributed by atoms with E-state index in [2.05, 4.69) is 63.0 Å². The van der Waals surface area contributed by atoms with Crippen LogP contribution in [0, 0.1) is 17.8 Å². The van der Waals surface area contributed by atoms with E-state index in [0.717, 1.165) is 103 Å². The number of carbonyl (C=O) groups excluding carboxylic acids is 3. The van der Waals surface area contributed by atoms with Crippen LogP contribution in [0.15, 0.2) is 12.2 Å². The van der Waals surface area contributed by atoms with E-state index in [4.69, 9.17) is 0 Å². The average molecular weight is 655 g/mol. The summed E-state index contributed by atoms with van der Waals surface area (Å²) >= 11 is 0. The Bertz CT molecular complexity index is 1170. The number of rotatable bonds is 6. The molecule has 0 aromatic rings. The van der Waals surface area contributed by atoms with Crippen molar-refractivity contribution in [1.29, 1.82) is 0 Å². The zero-order valence-corrected chi connectivity index (χ0v) is 28.7. The van der Waals surface area contributed by atoms with Crippen molar-refractivity contribution in [2.75, 3.05) is 19.6 Å². The zero-order chi connectivity index (χ0) is 33.0. The summed E-state index contributed by atoms with van der Waals surface area (Å²) < 4.78 is 0. The third-order valence-electron chi connectivity index (χ3n) is 13.6. The maximum atomic E-state index is 11.0. The van der Waals surface area contributed by atoms with Gasteiger partial charge in [0.25, 0.3) is 0 Å². The molecule has 0 radical (unpaired) electrons. The summed E-state index contributed by atoms with van der Waals surface area (Å²) in [6.45, 7) is 9.75. The van der Waals surface area contributed by atoms with E-state index < -0.39 is 0 Å². The molecule has 11 unspecified atom stereocenters. The number of piperidine rings is 2. The number of fused-ring (bicyclic) bond motifs is 6. The predicted molar refractivity (Wildman–Crippen MR) is 177 cm³/mol. The average Bonchev–Trinajstić information content (AvgIpc) is 3.91. The van der Waals surface area contributed by atoms with Crippen LogP contribution in [-0.4, -0.2) is 145 Å². The first kappa shape index (κ1) is 33.9. The first-order chi connectivity index (χ1) is 22.7. The van der Waals surface area contributed by atoms with Gasteiger partial charge in [-0.3, -0.25) is 0 Å². The van der Waals surface area contributed by atoms with Gasteiger partial charge in [-0.2, -0.15) is 0 Å². The van der Waals surface area contributed by atoms with Crippen molar-refractivity contribution < 1.29 is 24.6 Å². The molecule has 9 aliphatic rings. The topological polar surface area (TPSA) is 111 Å². The Balaban J connectivity index is 0.000000112. The third kappa shape index (κ3) is 6.00. The van der Waals surface area contributed by atoms with Gasteiger partial charge in [0, 0.05) is 55.8 Å². The molecule has 6 bridgehead atoms. The van der Waals surface area contributed by atoms with Crippen molar-refractivity contribution in [2.45, 2.75) is 158 Å². The number of hydrogen-bond acceptors (Lipinski definition) is 11. The summed E-state index contributed by atoms with van der Waals surface area (Å²) in [4.78, 5) is 33.1. The lowest BCUT2D eigenvalue weighted by Crippen LogP contribution is -2.57. The molecule has 11 nitrogen and oxygen atoms in total. The standard InChI is InChI=1S/2C12H20N2O2.C12H18N2O/c1-8-9-5-11(12(16)6-9)14(8)13-4-2-3-10(13)7-15;1-8-11-5-10(6-12(11)16)14(8)13-4-2-3-9(13)7-15;1-9-10-4-5-11(7-10)14(9)13-6-2-3-12(13)8-15/h2*7-12,16H,2-6H2,1H3;4-5,8-12H,2-3,6-7H2,1H3/t8?,9?,10-,11?,12?;8?,9-,10?,11?,12?;9?,10?,11?,12-/m000/s1. The Morgan fingerprint density at radius 3 is 1.66 bits per heavy atom. The van der Waals surface area contributed by atoms with Gasteiger partial charge in [-0.05, 0) is 103 Å². The molecule has 47 heavy (non-hydrogen) atoms. The third-order valence-corrected chi connectivity index (χ3v) is 13.6. The van der Waals surface area contributed by atoms with E-state index in [9.17, 15) is 24.6 Å². The van der Waals surface area contributed by atoms with Gasteiger partial charge in [0.05, 0.1) is 36.4 Å². The van der Waals surface area contributed by atoms with Gasteiger partial charge in [0.1, 0.15) is 18.9 Å². The van der Waals surface area contributed by atoms with E-state index >= 15 is 0 Å². The van der Waals surface area contributed by atoms with Crippen molar-refractivity contribution in [3.05, 3.63) is 12.2 Å². The Hall–Kier alpha value is -1.57. The second-order valence-electron chi connectivity index (χ2n) is 16.0. The number of aliphatic hydroxyl groups is 2. The molecule has 2 N–H and O–H groups in total. The number of hydrogen-bond donors (Lipinski definition) is 2. The van der Waals surface area contributed by atoms with Crippen LogP contribution in [-0.2, 0) is 14.4 Å². The molecule has 0 amide bonds. The van der Waals surface area contributed by atoms with Crippen LogP contribution in [0.1, 0.15) is 91.4 Å². The predicted octanol–water partition coefficient (Wildman–Crippen LogP) is 2.03. The largest absolute Gasteiger partial charge is 0.393 e. The lowest BCUT2D eigenvalue weighted by molar-refractivity contribution is -0.137. The summed E-state index contributed by atoms with van der Waals surface area (Å²) in [6, 6.07) is 3.04. The summed E-state index contributed by atoms with van der Waals surface area (Å²) in [5.74, 6) is 1.74. The SMILES string of the molecule is CC1C2C=CC(C2)N1N1CCC[C@H]1C=O.CC1C2CC(CC2O)N1N1CCC[C@H]1C=O.CC1C2CC(O)C(C2)N1N1CCC[C@H]1C=O. The molecule has 262 valence electrons. The molecule has 2 saturated carbocycles. The normalized spacial score (nSPS) is 47.9. The number of hydrazine groups is 3. The van der Waals surface area contributed by atoms with Crippen LogP contribution < -0.4 is 0 Å². The molecule has 6 aliphatic heterocycles. The van der Waals surface area contributed by atoms with E-state index in [-0.39, 0.29) is 36.4 Å². The molecule has 0 aromatic carbocycles. The number of carbonyl (C=O) groups is 3. The fourth-order valence-electron chi connectivity index (χ4n) is 11.2. The molecular formula is C36H58N6O5. The van der Waals surface area contributed by atoms with E-state index in [0.29, 0.717) is 48.0 Å². The van der Waals surface area contributed by atoms with E-state index in [1.807, 2.05) is 0 Å². The summed E-state index contributed by atoms with van der Waals surface area (Å²) in [7, 11) is 0. The van der Waals surface area contributed by atoms with Gasteiger partial charge >= 0.3 is 0 Å². The summed E-state index contributed by atoms with van der Waals surface area (Å²) in [6.07, 6.45) is 19.3. The molecule has 0 aromatic heterocycles. The molecule has 6 heterocycles. The van der Waals surface area contributed by atoms with Crippen LogP contribution >= 0.6 is 0 Å². The van der Waals surface area contributed by atoms with E-state index in [1.165, 1.54) is 6.42 Å². The minimum Gasteiger partial charge on any atom is -0.393 e. The monoisotopic (exact) mass is 654 g/mol. The molecular weight excluding hydrogens is 596 g/mol. The van der Waals surface area contributed by atoms with Crippen LogP contribution in [0.3, 0.4) is 0 Å². The fraction of sp³-hybridized carbons (Fsp3) is 0.861. The van der Waals surface area contributed by atoms with Crippen LogP contribution in [0.2, 0.25) is 0 Å². The van der Waals surface area contributed by atoms with Crippen LogP contribution in [0.4, 0.5) is 0 Å². The van der Waals surface area contributed by atoms with Crippen LogP contribution in [0.5, 0.6) is 0 Å². The quantitative estimate of drug-likeness (QED) is 0.324. The van der Waals surface area contributed by atoms with Crippen molar-refractivity contribution >= 4 is 18.9 Å². The second kappa shape index (κ2) is 14.0. The number of aliphatic hydroxyl groups excluding tert-OH is 2. The summed E-state index contributed by atoms with van der Waals surface area (Å²) in [5, 5.41) is 33.8. The number of aldehydes is 3. The Morgan fingerprint density at radius 1 is 0.596 bits per heavy atom. The molecule has 3 aliphatic carbocycles. The second-order valence-corrected chi connectivity index (χ2v) is 16.0.